The lowest BCUT2D eigenvalue weighted by atomic mass is 10.0. The van der Waals surface area contributed by atoms with Crippen molar-refractivity contribution in [2.75, 3.05) is 20.2 Å². The zero-order valence-electron chi connectivity index (χ0n) is 15.9. The van der Waals surface area contributed by atoms with Crippen LogP contribution < -0.4 is 10.1 Å². The van der Waals surface area contributed by atoms with Crippen molar-refractivity contribution in [3.63, 3.8) is 0 Å². The SMILES string of the molecule is CC(=O)NC(CC(=O)N(C)CCOc1ccc(F)cc1)c1ccc(C)cc1. The smallest absolute Gasteiger partial charge is 0.224 e. The summed E-state index contributed by atoms with van der Waals surface area (Å²) in [6, 6.07) is 13.1. The van der Waals surface area contributed by atoms with Crippen molar-refractivity contribution in [2.45, 2.75) is 26.3 Å². The number of nitrogens with zero attached hydrogens (tertiary/aromatic N) is 1. The molecule has 0 fully saturated rings. The van der Waals surface area contributed by atoms with Crippen molar-refractivity contribution >= 4 is 11.8 Å². The lowest BCUT2D eigenvalue weighted by Gasteiger charge is -2.23. The monoisotopic (exact) mass is 372 g/mol. The van der Waals surface area contributed by atoms with Crippen LogP contribution in [-0.2, 0) is 9.59 Å². The summed E-state index contributed by atoms with van der Waals surface area (Å²) in [4.78, 5) is 25.6. The van der Waals surface area contributed by atoms with E-state index in [1.807, 2.05) is 31.2 Å². The minimum absolute atomic E-state index is 0.1000. The number of hydrogen-bond acceptors (Lipinski definition) is 3. The zero-order chi connectivity index (χ0) is 19.8. The van der Waals surface area contributed by atoms with Gasteiger partial charge in [-0.25, -0.2) is 4.39 Å². The van der Waals surface area contributed by atoms with E-state index in [0.29, 0.717) is 18.9 Å². The summed E-state index contributed by atoms with van der Waals surface area (Å²) in [5.41, 5.74) is 2.00. The van der Waals surface area contributed by atoms with E-state index in [2.05, 4.69) is 5.32 Å². The number of ether oxygens (including phenoxy) is 1. The Bertz CT molecular complexity index is 760. The molecule has 1 unspecified atom stereocenters. The lowest BCUT2D eigenvalue weighted by molar-refractivity contribution is -0.131. The van der Waals surface area contributed by atoms with E-state index >= 15 is 0 Å². The molecule has 0 heterocycles. The minimum Gasteiger partial charge on any atom is -0.492 e. The first-order valence-corrected chi connectivity index (χ1v) is 8.81. The molecule has 0 radical (unpaired) electrons. The molecule has 0 bridgehead atoms. The highest BCUT2D eigenvalue weighted by Gasteiger charge is 2.19. The lowest BCUT2D eigenvalue weighted by Crippen LogP contribution is -2.35. The topological polar surface area (TPSA) is 58.6 Å². The van der Waals surface area contributed by atoms with Gasteiger partial charge in [0.1, 0.15) is 18.2 Å². The van der Waals surface area contributed by atoms with Gasteiger partial charge in [0.15, 0.2) is 0 Å². The molecule has 1 N–H and O–H groups in total. The van der Waals surface area contributed by atoms with Crippen LogP contribution in [0.4, 0.5) is 4.39 Å². The quantitative estimate of drug-likeness (QED) is 0.774. The van der Waals surface area contributed by atoms with Gasteiger partial charge in [-0.2, -0.15) is 0 Å². The fraction of sp³-hybridized carbons (Fsp3) is 0.333. The molecule has 2 aromatic rings. The Hall–Kier alpha value is -2.89. The van der Waals surface area contributed by atoms with Crippen LogP contribution in [0.3, 0.4) is 0 Å². The van der Waals surface area contributed by atoms with Crippen molar-refractivity contribution in [1.82, 2.24) is 10.2 Å². The molecule has 2 aromatic carbocycles. The summed E-state index contributed by atoms with van der Waals surface area (Å²) >= 11 is 0. The Balaban J connectivity index is 1.89. The second kappa shape index (κ2) is 9.71. The number of halogens is 1. The van der Waals surface area contributed by atoms with Crippen LogP contribution in [0.25, 0.3) is 0 Å². The molecule has 0 aliphatic carbocycles. The molecular weight excluding hydrogens is 347 g/mol. The van der Waals surface area contributed by atoms with Crippen molar-refractivity contribution in [3.8, 4) is 5.75 Å². The van der Waals surface area contributed by atoms with Gasteiger partial charge >= 0.3 is 0 Å². The van der Waals surface area contributed by atoms with Crippen LogP contribution in [0.5, 0.6) is 5.75 Å². The maximum Gasteiger partial charge on any atom is 0.224 e. The Morgan fingerprint density at radius 1 is 1.11 bits per heavy atom. The average molecular weight is 372 g/mol. The molecule has 6 heteroatoms. The third-order valence-electron chi connectivity index (χ3n) is 4.17. The molecule has 144 valence electrons. The van der Waals surface area contributed by atoms with E-state index < -0.39 is 0 Å². The number of carbonyl (C=O) groups excluding carboxylic acids is 2. The number of rotatable bonds is 8. The third kappa shape index (κ3) is 6.73. The van der Waals surface area contributed by atoms with Gasteiger partial charge in [0.2, 0.25) is 11.8 Å². The molecule has 5 nitrogen and oxygen atoms in total. The highest BCUT2D eigenvalue weighted by Crippen LogP contribution is 2.19. The van der Waals surface area contributed by atoms with E-state index in [4.69, 9.17) is 4.74 Å². The highest BCUT2D eigenvalue weighted by atomic mass is 19.1. The van der Waals surface area contributed by atoms with Crippen LogP contribution in [0.1, 0.15) is 30.5 Å². The molecule has 0 aliphatic rings. The number of amides is 2. The van der Waals surface area contributed by atoms with Crippen molar-refractivity contribution in [1.29, 1.82) is 0 Å². The summed E-state index contributed by atoms with van der Waals surface area (Å²) in [6.45, 7) is 4.10. The Kier molecular flexibility index (Phi) is 7.34. The molecule has 0 saturated carbocycles. The first-order chi connectivity index (χ1) is 12.8. The first-order valence-electron chi connectivity index (χ1n) is 8.81. The molecule has 0 aliphatic heterocycles. The summed E-state index contributed by atoms with van der Waals surface area (Å²) in [7, 11) is 1.69. The van der Waals surface area contributed by atoms with Gasteiger partial charge in [0.25, 0.3) is 0 Å². The molecule has 27 heavy (non-hydrogen) atoms. The zero-order valence-corrected chi connectivity index (χ0v) is 15.9. The standard InChI is InChI=1S/C21H25FN2O3/c1-15-4-6-17(7-5-15)20(23-16(2)25)14-21(26)24(3)12-13-27-19-10-8-18(22)9-11-19/h4-11,20H,12-14H2,1-3H3,(H,23,25). The van der Waals surface area contributed by atoms with Gasteiger partial charge < -0.3 is 15.0 Å². The van der Waals surface area contributed by atoms with E-state index in [9.17, 15) is 14.0 Å². The number of nitrogens with one attached hydrogen (secondary N) is 1. The minimum atomic E-state index is -0.379. The predicted molar refractivity (Wildman–Crippen MR) is 102 cm³/mol. The van der Waals surface area contributed by atoms with E-state index in [-0.39, 0.29) is 30.1 Å². The number of benzene rings is 2. The summed E-state index contributed by atoms with van der Waals surface area (Å²) in [5, 5.41) is 2.84. The maximum atomic E-state index is 12.9. The fourth-order valence-corrected chi connectivity index (χ4v) is 2.58. The van der Waals surface area contributed by atoms with Crippen molar-refractivity contribution in [2.24, 2.45) is 0 Å². The van der Waals surface area contributed by atoms with Gasteiger partial charge in [-0.15, -0.1) is 0 Å². The maximum absolute atomic E-state index is 12.9. The molecule has 2 amide bonds. The molecular formula is C21H25FN2O3. The number of aryl methyl sites for hydroxylation is 1. The molecule has 0 spiro atoms. The van der Waals surface area contributed by atoms with E-state index in [1.54, 1.807) is 24.1 Å². The van der Waals surface area contributed by atoms with Crippen molar-refractivity contribution in [3.05, 3.63) is 65.5 Å². The predicted octanol–water partition coefficient (Wildman–Crippen LogP) is 3.24. The summed E-state index contributed by atoms with van der Waals surface area (Å²) in [6.07, 6.45) is 0.162. The highest BCUT2D eigenvalue weighted by molar-refractivity contribution is 5.79. The Morgan fingerprint density at radius 2 is 1.74 bits per heavy atom. The van der Waals surface area contributed by atoms with Crippen LogP contribution in [0, 0.1) is 12.7 Å². The Morgan fingerprint density at radius 3 is 2.33 bits per heavy atom. The largest absolute Gasteiger partial charge is 0.492 e. The molecule has 1 atom stereocenters. The molecule has 2 rings (SSSR count). The van der Waals surface area contributed by atoms with Crippen LogP contribution in [0.15, 0.2) is 48.5 Å². The number of carbonyl (C=O) groups is 2. The Labute approximate surface area is 159 Å². The first kappa shape index (κ1) is 20.4. The van der Waals surface area contributed by atoms with Gasteiger partial charge in [-0.05, 0) is 36.8 Å². The van der Waals surface area contributed by atoms with Crippen LogP contribution >= 0.6 is 0 Å². The molecule has 0 saturated heterocycles. The number of likely N-dealkylation sites (N-methyl/N-ethyl adjacent to an activating group) is 1. The van der Waals surface area contributed by atoms with E-state index in [1.165, 1.54) is 19.1 Å². The van der Waals surface area contributed by atoms with Gasteiger partial charge in [-0.3, -0.25) is 9.59 Å². The van der Waals surface area contributed by atoms with E-state index in [0.717, 1.165) is 11.1 Å². The van der Waals surface area contributed by atoms with Crippen LogP contribution in [0.2, 0.25) is 0 Å². The summed E-state index contributed by atoms with van der Waals surface area (Å²) < 4.78 is 18.4. The average Bonchev–Trinajstić information content (AvgIpc) is 2.63. The normalized spacial score (nSPS) is 11.6. The number of hydrogen-bond donors (Lipinski definition) is 1. The van der Waals surface area contributed by atoms with Gasteiger partial charge in [0.05, 0.1) is 19.0 Å². The van der Waals surface area contributed by atoms with Gasteiger partial charge in [0, 0.05) is 14.0 Å². The van der Waals surface area contributed by atoms with Gasteiger partial charge in [-0.1, -0.05) is 29.8 Å². The fourth-order valence-electron chi connectivity index (χ4n) is 2.58. The summed E-state index contributed by atoms with van der Waals surface area (Å²) in [5.74, 6) is -0.0597. The third-order valence-corrected chi connectivity index (χ3v) is 4.17. The molecule has 0 aromatic heterocycles. The second-order valence-electron chi connectivity index (χ2n) is 6.49. The van der Waals surface area contributed by atoms with Crippen LogP contribution in [-0.4, -0.2) is 36.9 Å². The second-order valence-corrected chi connectivity index (χ2v) is 6.49. The van der Waals surface area contributed by atoms with Crippen molar-refractivity contribution < 1.29 is 18.7 Å².